The number of amides is 4. The number of ether oxygens (including phenoxy) is 4. The molecule has 16 nitrogen and oxygen atoms in total. The van der Waals surface area contributed by atoms with Gasteiger partial charge in [0.2, 0.25) is 17.7 Å². The van der Waals surface area contributed by atoms with Gasteiger partial charge in [0.05, 0.1) is 11.9 Å². The molecular weight excluding hydrogens is 847 g/mol. The van der Waals surface area contributed by atoms with E-state index in [2.05, 4.69) is 16.0 Å². The number of hydrogen-bond acceptors (Lipinski definition) is 11. The van der Waals surface area contributed by atoms with E-state index >= 15 is 0 Å². The number of benzene rings is 3. The van der Waals surface area contributed by atoms with Gasteiger partial charge in [-0.05, 0) is 109 Å². The first-order valence-corrected chi connectivity index (χ1v) is 22.2. The fourth-order valence-corrected chi connectivity index (χ4v) is 8.27. The van der Waals surface area contributed by atoms with Crippen LogP contribution in [0.5, 0.6) is 0 Å². The van der Waals surface area contributed by atoms with Crippen molar-refractivity contribution in [1.29, 1.82) is 0 Å². The van der Waals surface area contributed by atoms with Crippen LogP contribution in [0, 0.1) is 0 Å². The summed E-state index contributed by atoms with van der Waals surface area (Å²) in [6.45, 7) is 14.8. The SMILES string of the molecule is CC(C)(C)OC(=O)CNC(=O)[C@H](CC(=O)OC(C)(C)C)NC(=O)[C@@H]1CCCN1C(=O)[C@H](Cc1cn(C(=O)OC(C)(C)C)c2ccccc12)NC(=O)OCC1c2ccccc2-c2ccccc21. The molecule has 1 saturated heterocycles. The van der Waals surface area contributed by atoms with Gasteiger partial charge in [-0.15, -0.1) is 0 Å². The highest BCUT2D eigenvalue weighted by Crippen LogP contribution is 2.44. The summed E-state index contributed by atoms with van der Waals surface area (Å²) < 4.78 is 23.7. The van der Waals surface area contributed by atoms with Crippen LogP contribution in [0.3, 0.4) is 0 Å². The Hall–Kier alpha value is -6.71. The average Bonchev–Trinajstić information content (AvgIpc) is 3.94. The van der Waals surface area contributed by atoms with Gasteiger partial charge in [-0.3, -0.25) is 28.5 Å². The molecule has 352 valence electrons. The largest absolute Gasteiger partial charge is 0.460 e. The third-order valence-corrected chi connectivity index (χ3v) is 10.8. The van der Waals surface area contributed by atoms with Crippen molar-refractivity contribution in [2.45, 2.75) is 129 Å². The van der Waals surface area contributed by atoms with E-state index in [1.54, 1.807) is 92.8 Å². The molecule has 1 aliphatic carbocycles. The van der Waals surface area contributed by atoms with Crippen LogP contribution < -0.4 is 16.0 Å². The molecule has 16 heteroatoms. The third kappa shape index (κ3) is 12.3. The predicted molar refractivity (Wildman–Crippen MR) is 245 cm³/mol. The molecule has 2 aliphatic rings. The Kier molecular flexibility index (Phi) is 14.6. The Morgan fingerprint density at radius 1 is 0.697 bits per heavy atom. The fraction of sp³-hybridized carbons (Fsp3) is 0.460. The lowest BCUT2D eigenvalue weighted by atomic mass is 9.98. The quantitative estimate of drug-likeness (QED) is 0.0972. The highest BCUT2D eigenvalue weighted by Gasteiger charge is 2.40. The third-order valence-electron chi connectivity index (χ3n) is 10.8. The minimum absolute atomic E-state index is 0.0253. The topological polar surface area (TPSA) is 201 Å². The maximum absolute atomic E-state index is 14.9. The van der Waals surface area contributed by atoms with Crippen LogP contribution in [0.2, 0.25) is 0 Å². The number of rotatable bonds is 13. The molecule has 3 N–H and O–H groups in total. The van der Waals surface area contributed by atoms with E-state index in [0.717, 1.165) is 22.3 Å². The number of aromatic nitrogens is 1. The maximum atomic E-state index is 14.9. The first-order chi connectivity index (χ1) is 31.0. The lowest BCUT2D eigenvalue weighted by Gasteiger charge is -2.30. The highest BCUT2D eigenvalue weighted by molar-refractivity contribution is 5.97. The van der Waals surface area contributed by atoms with Gasteiger partial charge in [0.1, 0.15) is 48.1 Å². The Bertz CT molecular complexity index is 2450. The number of likely N-dealkylation sites (tertiary alicyclic amines) is 1. The predicted octanol–water partition coefficient (Wildman–Crippen LogP) is 6.54. The van der Waals surface area contributed by atoms with E-state index in [0.29, 0.717) is 22.9 Å². The lowest BCUT2D eigenvalue weighted by molar-refractivity contribution is -0.157. The van der Waals surface area contributed by atoms with E-state index in [1.807, 2.05) is 48.5 Å². The van der Waals surface area contributed by atoms with Gasteiger partial charge in [0, 0.05) is 30.5 Å². The first kappa shape index (κ1) is 48.7. The summed E-state index contributed by atoms with van der Waals surface area (Å²) in [5.41, 5.74) is 2.63. The van der Waals surface area contributed by atoms with E-state index < -0.39 is 89.7 Å². The zero-order valence-corrected chi connectivity index (χ0v) is 39.1. The molecule has 2 heterocycles. The van der Waals surface area contributed by atoms with E-state index in [4.69, 9.17) is 18.9 Å². The second kappa shape index (κ2) is 19.8. The lowest BCUT2D eigenvalue weighted by Crippen LogP contribution is -2.57. The summed E-state index contributed by atoms with van der Waals surface area (Å²) in [6, 6.07) is 19.0. The summed E-state index contributed by atoms with van der Waals surface area (Å²) in [5.74, 6) is -3.96. The smallest absolute Gasteiger partial charge is 0.419 e. The molecule has 0 bridgehead atoms. The van der Waals surface area contributed by atoms with Gasteiger partial charge in [-0.1, -0.05) is 66.7 Å². The van der Waals surface area contributed by atoms with Gasteiger partial charge >= 0.3 is 24.1 Å². The number of fused-ring (bicyclic) bond motifs is 4. The normalized spacial score (nSPS) is 15.8. The Balaban J connectivity index is 1.26. The highest BCUT2D eigenvalue weighted by atomic mass is 16.6. The molecule has 1 aliphatic heterocycles. The number of esters is 2. The van der Waals surface area contributed by atoms with Crippen molar-refractivity contribution >= 4 is 52.7 Å². The van der Waals surface area contributed by atoms with Crippen molar-refractivity contribution in [3.8, 4) is 11.1 Å². The zero-order valence-electron chi connectivity index (χ0n) is 39.1. The van der Waals surface area contributed by atoms with Crippen LogP contribution >= 0.6 is 0 Å². The summed E-state index contributed by atoms with van der Waals surface area (Å²) in [4.78, 5) is 96.8. The van der Waals surface area contributed by atoms with Crippen molar-refractivity contribution in [2.75, 3.05) is 19.7 Å². The monoisotopic (exact) mass is 907 g/mol. The summed E-state index contributed by atoms with van der Waals surface area (Å²) >= 11 is 0. The van der Waals surface area contributed by atoms with Crippen LogP contribution in [-0.2, 0) is 49.3 Å². The number of nitrogens with zero attached hydrogens (tertiary/aromatic N) is 2. The van der Waals surface area contributed by atoms with Crippen molar-refractivity contribution < 1.29 is 52.5 Å². The second-order valence-electron chi connectivity index (χ2n) is 19.6. The minimum atomic E-state index is -1.49. The number of nitrogens with one attached hydrogen (secondary N) is 3. The molecule has 0 spiro atoms. The van der Waals surface area contributed by atoms with Gasteiger partial charge in [0.25, 0.3) is 0 Å². The molecule has 0 saturated carbocycles. The fourth-order valence-electron chi connectivity index (χ4n) is 8.27. The van der Waals surface area contributed by atoms with Crippen molar-refractivity contribution in [3.05, 3.63) is 95.7 Å². The van der Waals surface area contributed by atoms with E-state index in [-0.39, 0.29) is 31.9 Å². The molecule has 6 rings (SSSR count). The average molecular weight is 908 g/mol. The number of para-hydroxylation sites is 1. The standard InChI is InChI=1S/C50H61N5O11/c1-48(2,3)64-41(56)26-37(43(58)51-27-42(57)65-49(4,5)6)52-44(59)40-23-16-24-54(40)45(60)38(25-30-28-55(47(62)66-50(7,8)9)39-22-15-14-17-31(30)39)53-46(61)63-29-36-34-20-12-10-18-32(34)33-19-11-13-21-35(33)36/h10-15,17-22,28,36-38,40H,16,23-27,29H2,1-9H3,(H,51,58)(H,52,59)(H,53,61)/t37-,38-,40-/m0/s1. The number of hydrogen-bond donors (Lipinski definition) is 3. The molecule has 3 atom stereocenters. The van der Waals surface area contributed by atoms with Gasteiger partial charge in [0.15, 0.2) is 0 Å². The Morgan fingerprint density at radius 3 is 1.89 bits per heavy atom. The molecule has 1 fully saturated rings. The van der Waals surface area contributed by atoms with Crippen LogP contribution in [0.4, 0.5) is 9.59 Å². The molecular formula is C50H61N5O11. The molecule has 0 unspecified atom stereocenters. The van der Waals surface area contributed by atoms with Gasteiger partial charge in [-0.2, -0.15) is 0 Å². The summed E-state index contributed by atoms with van der Waals surface area (Å²) in [6.07, 6.45) is -0.0119. The maximum Gasteiger partial charge on any atom is 0.419 e. The molecule has 4 amide bonds. The number of carbonyl (C=O) groups excluding carboxylic acids is 7. The second-order valence-corrected chi connectivity index (χ2v) is 19.6. The van der Waals surface area contributed by atoms with Crippen LogP contribution in [0.1, 0.15) is 104 Å². The zero-order chi connectivity index (χ0) is 48.1. The van der Waals surface area contributed by atoms with Crippen LogP contribution in [0.15, 0.2) is 79.0 Å². The van der Waals surface area contributed by atoms with E-state index in [9.17, 15) is 33.6 Å². The van der Waals surface area contributed by atoms with Crippen LogP contribution in [-0.4, -0.2) is 106 Å². The minimum Gasteiger partial charge on any atom is -0.460 e. The van der Waals surface area contributed by atoms with Crippen molar-refractivity contribution in [1.82, 2.24) is 25.4 Å². The molecule has 66 heavy (non-hydrogen) atoms. The molecule has 1 aromatic heterocycles. The summed E-state index contributed by atoms with van der Waals surface area (Å²) in [7, 11) is 0. The number of alkyl carbamates (subject to hydrolysis) is 1. The molecule has 4 aromatic rings. The number of carbonyl (C=O) groups is 7. The molecule has 0 radical (unpaired) electrons. The molecule has 3 aromatic carbocycles. The van der Waals surface area contributed by atoms with E-state index in [1.165, 1.54) is 9.47 Å². The van der Waals surface area contributed by atoms with Gasteiger partial charge < -0.3 is 39.8 Å². The van der Waals surface area contributed by atoms with Gasteiger partial charge in [-0.25, -0.2) is 9.59 Å². The summed E-state index contributed by atoms with van der Waals surface area (Å²) in [5, 5.41) is 8.48. The van der Waals surface area contributed by atoms with Crippen molar-refractivity contribution in [2.24, 2.45) is 0 Å². The Labute approximate surface area is 385 Å². The van der Waals surface area contributed by atoms with Crippen molar-refractivity contribution in [3.63, 3.8) is 0 Å². The Morgan fingerprint density at radius 2 is 1.27 bits per heavy atom. The van der Waals surface area contributed by atoms with Crippen LogP contribution in [0.25, 0.3) is 22.0 Å². The first-order valence-electron chi connectivity index (χ1n) is 22.2.